The molecule has 0 saturated carbocycles. The highest BCUT2D eigenvalue weighted by atomic mass is 35.5. The van der Waals surface area contributed by atoms with E-state index in [4.69, 9.17) is 11.6 Å². The summed E-state index contributed by atoms with van der Waals surface area (Å²) >= 11 is 5.91. The maximum absolute atomic E-state index is 12.5. The molecule has 0 unspecified atom stereocenters. The number of sulfonamides is 1. The van der Waals surface area contributed by atoms with Crippen LogP contribution >= 0.6 is 11.6 Å². The second-order valence-corrected chi connectivity index (χ2v) is 7.17. The van der Waals surface area contributed by atoms with E-state index in [9.17, 15) is 18.0 Å². The van der Waals surface area contributed by atoms with Crippen LogP contribution in [-0.2, 0) is 14.8 Å². The van der Waals surface area contributed by atoms with E-state index in [1.165, 1.54) is 43.5 Å². The number of rotatable bonds is 4. The van der Waals surface area contributed by atoms with Gasteiger partial charge in [-0.3, -0.25) is 4.72 Å². The fraction of sp³-hybridized carbons (Fsp3) is 0.0667. The molecule has 0 aliphatic carbocycles. The maximum atomic E-state index is 12.5. The second kappa shape index (κ2) is 6.26. The van der Waals surface area contributed by atoms with E-state index in [0.29, 0.717) is 11.0 Å². The average molecular weight is 382 g/mol. The molecule has 1 heterocycles. The lowest BCUT2D eigenvalue weighted by Crippen LogP contribution is -2.13. The lowest BCUT2D eigenvalue weighted by molar-refractivity contribution is 0.0601. The minimum atomic E-state index is -3.94. The van der Waals surface area contributed by atoms with Crippen molar-refractivity contribution in [2.24, 2.45) is 0 Å². The first-order valence-electron chi connectivity index (χ1n) is 6.93. The number of carbonyl (C=O) groups is 1. The number of fused-ring (bicyclic) bond motifs is 1. The van der Waals surface area contributed by atoms with Crippen molar-refractivity contribution in [3.05, 3.63) is 57.5 Å². The Morgan fingerprint density at radius 1 is 1.12 bits per heavy atom. The highest BCUT2D eigenvalue weighted by Crippen LogP contribution is 2.24. The van der Waals surface area contributed by atoms with Crippen molar-refractivity contribution in [1.82, 2.24) is 9.97 Å². The van der Waals surface area contributed by atoms with Gasteiger partial charge < -0.3 is 14.7 Å². The van der Waals surface area contributed by atoms with E-state index in [1.54, 1.807) is 0 Å². The van der Waals surface area contributed by atoms with Gasteiger partial charge in [0.1, 0.15) is 0 Å². The predicted octanol–water partition coefficient (Wildman–Crippen LogP) is 2.10. The summed E-state index contributed by atoms with van der Waals surface area (Å²) in [6.45, 7) is 0. The zero-order valence-corrected chi connectivity index (χ0v) is 14.4. The number of imidazole rings is 1. The first-order chi connectivity index (χ1) is 11.8. The molecule has 0 amide bonds. The quantitative estimate of drug-likeness (QED) is 0.597. The molecular weight excluding hydrogens is 370 g/mol. The molecule has 8 nitrogen and oxygen atoms in total. The van der Waals surface area contributed by atoms with Gasteiger partial charge >= 0.3 is 11.7 Å². The Morgan fingerprint density at radius 2 is 1.84 bits per heavy atom. The van der Waals surface area contributed by atoms with Gasteiger partial charge in [0, 0.05) is 5.69 Å². The number of carbonyl (C=O) groups excluding carboxylic acids is 1. The van der Waals surface area contributed by atoms with Crippen molar-refractivity contribution in [2.75, 3.05) is 11.8 Å². The SMILES string of the molecule is COC(=O)c1cc(NS(=O)(=O)c2ccc3[nH]c(=O)[nH]c3c2)ccc1Cl. The third-order valence-corrected chi connectivity index (χ3v) is 5.13. The minimum absolute atomic E-state index is 0.0368. The first kappa shape index (κ1) is 17.1. The summed E-state index contributed by atoms with van der Waals surface area (Å²) in [6.07, 6.45) is 0. The summed E-state index contributed by atoms with van der Waals surface area (Å²) in [6, 6.07) is 8.24. The molecule has 25 heavy (non-hydrogen) atoms. The average Bonchev–Trinajstić information content (AvgIpc) is 2.94. The van der Waals surface area contributed by atoms with Gasteiger partial charge in [-0.05, 0) is 36.4 Å². The number of H-pyrrole nitrogens is 2. The van der Waals surface area contributed by atoms with Crippen LogP contribution in [0.5, 0.6) is 0 Å². The third kappa shape index (κ3) is 3.37. The summed E-state index contributed by atoms with van der Waals surface area (Å²) in [7, 11) is -2.74. The van der Waals surface area contributed by atoms with E-state index >= 15 is 0 Å². The largest absolute Gasteiger partial charge is 0.465 e. The Labute approximate surface area is 146 Å². The van der Waals surface area contributed by atoms with E-state index in [1.807, 2.05) is 0 Å². The van der Waals surface area contributed by atoms with Crippen LogP contribution < -0.4 is 10.4 Å². The van der Waals surface area contributed by atoms with Gasteiger partial charge in [0.15, 0.2) is 0 Å². The molecule has 0 aliphatic rings. The van der Waals surface area contributed by atoms with Crippen molar-refractivity contribution in [3.63, 3.8) is 0 Å². The number of anilines is 1. The van der Waals surface area contributed by atoms with Crippen LogP contribution in [0.4, 0.5) is 5.69 Å². The highest BCUT2D eigenvalue weighted by molar-refractivity contribution is 7.92. The number of nitrogens with one attached hydrogen (secondary N) is 3. The molecule has 1 aromatic heterocycles. The molecule has 3 aromatic rings. The molecule has 10 heteroatoms. The van der Waals surface area contributed by atoms with Gasteiger partial charge in [-0.25, -0.2) is 18.0 Å². The molecule has 0 saturated heterocycles. The molecular formula is C15H12ClN3O5S. The van der Waals surface area contributed by atoms with Crippen molar-refractivity contribution in [3.8, 4) is 0 Å². The van der Waals surface area contributed by atoms with Crippen molar-refractivity contribution < 1.29 is 17.9 Å². The molecule has 0 fully saturated rings. The molecule has 0 aliphatic heterocycles. The molecule has 0 radical (unpaired) electrons. The summed E-state index contributed by atoms with van der Waals surface area (Å²) in [5, 5.41) is 0.140. The molecule has 0 bridgehead atoms. The van der Waals surface area contributed by atoms with Gasteiger partial charge in [-0.2, -0.15) is 0 Å². The first-order valence-corrected chi connectivity index (χ1v) is 8.79. The van der Waals surface area contributed by atoms with E-state index in [-0.39, 0.29) is 21.2 Å². The van der Waals surface area contributed by atoms with E-state index in [0.717, 1.165) is 0 Å². The Bertz CT molecular complexity index is 1130. The number of aromatic amines is 2. The van der Waals surface area contributed by atoms with Crippen LogP contribution in [0.15, 0.2) is 46.1 Å². The van der Waals surface area contributed by atoms with Crippen molar-refractivity contribution >= 4 is 44.3 Å². The normalized spacial score (nSPS) is 11.4. The number of benzene rings is 2. The van der Waals surface area contributed by atoms with Crippen LogP contribution in [-0.4, -0.2) is 31.5 Å². The van der Waals surface area contributed by atoms with Crippen LogP contribution in [0.2, 0.25) is 5.02 Å². The number of methoxy groups -OCH3 is 1. The smallest absolute Gasteiger partial charge is 0.339 e. The number of halogens is 1. The van der Waals surface area contributed by atoms with E-state index < -0.39 is 21.7 Å². The standard InChI is InChI=1S/C15H12ClN3O5S/c1-24-14(20)10-6-8(2-4-11(10)16)19-25(22,23)9-3-5-12-13(7-9)18-15(21)17-12/h2-7,19H,1H3,(H2,17,18,21). The molecule has 3 N–H and O–H groups in total. The van der Waals surface area contributed by atoms with Gasteiger partial charge in [0.05, 0.1) is 33.6 Å². The molecule has 130 valence electrons. The lowest BCUT2D eigenvalue weighted by atomic mass is 10.2. The fourth-order valence-corrected chi connectivity index (χ4v) is 3.52. The van der Waals surface area contributed by atoms with Crippen molar-refractivity contribution in [2.45, 2.75) is 4.90 Å². The number of esters is 1. The van der Waals surface area contributed by atoms with Gasteiger partial charge in [-0.15, -0.1) is 0 Å². The number of aromatic nitrogens is 2. The summed E-state index contributed by atoms with van der Waals surface area (Å²) < 4.78 is 32.0. The van der Waals surface area contributed by atoms with Gasteiger partial charge in [0.25, 0.3) is 10.0 Å². The summed E-state index contributed by atoms with van der Waals surface area (Å²) in [5.74, 6) is -0.683. The highest BCUT2D eigenvalue weighted by Gasteiger charge is 2.18. The Kier molecular flexibility index (Phi) is 4.27. The molecule has 3 rings (SSSR count). The van der Waals surface area contributed by atoms with Crippen LogP contribution in [0.1, 0.15) is 10.4 Å². The monoisotopic (exact) mass is 381 g/mol. The number of hydrogen-bond donors (Lipinski definition) is 3. The van der Waals surface area contributed by atoms with Crippen LogP contribution in [0.3, 0.4) is 0 Å². The zero-order valence-electron chi connectivity index (χ0n) is 12.8. The summed E-state index contributed by atoms with van der Waals surface area (Å²) in [4.78, 5) is 27.9. The Morgan fingerprint density at radius 3 is 2.56 bits per heavy atom. The van der Waals surface area contributed by atoms with Gasteiger partial charge in [-0.1, -0.05) is 11.6 Å². The molecule has 0 spiro atoms. The van der Waals surface area contributed by atoms with Gasteiger partial charge in [0.2, 0.25) is 0 Å². The van der Waals surface area contributed by atoms with Crippen LogP contribution in [0, 0.1) is 0 Å². The Hall–Kier alpha value is -2.78. The van der Waals surface area contributed by atoms with E-state index in [2.05, 4.69) is 19.4 Å². The number of hydrogen-bond acceptors (Lipinski definition) is 5. The van der Waals surface area contributed by atoms with Crippen LogP contribution in [0.25, 0.3) is 11.0 Å². The lowest BCUT2D eigenvalue weighted by Gasteiger charge is -2.10. The molecule has 2 aromatic carbocycles. The third-order valence-electron chi connectivity index (χ3n) is 3.42. The summed E-state index contributed by atoms with van der Waals surface area (Å²) in [5.41, 5.74) is 0.600. The Balaban J connectivity index is 1.97. The maximum Gasteiger partial charge on any atom is 0.339 e. The van der Waals surface area contributed by atoms with Crippen molar-refractivity contribution in [1.29, 1.82) is 0 Å². The number of ether oxygens (including phenoxy) is 1. The predicted molar refractivity (Wildman–Crippen MR) is 92.5 cm³/mol. The minimum Gasteiger partial charge on any atom is -0.465 e. The topological polar surface area (TPSA) is 121 Å². The zero-order chi connectivity index (χ0) is 18.2. The fourth-order valence-electron chi connectivity index (χ4n) is 2.25. The second-order valence-electron chi connectivity index (χ2n) is 5.08. The molecule has 0 atom stereocenters.